The molecular formula is C15H22BrNO3. The van der Waals surface area contributed by atoms with Crippen molar-refractivity contribution in [3.05, 3.63) is 22.2 Å². The summed E-state index contributed by atoms with van der Waals surface area (Å²) in [7, 11) is 3.32. The zero-order valence-electron chi connectivity index (χ0n) is 12.1. The van der Waals surface area contributed by atoms with Crippen LogP contribution >= 0.6 is 15.9 Å². The summed E-state index contributed by atoms with van der Waals surface area (Å²) in [6.07, 6.45) is 3.46. The van der Waals surface area contributed by atoms with Crippen LogP contribution in [0.5, 0.6) is 11.5 Å². The van der Waals surface area contributed by atoms with Crippen molar-refractivity contribution in [1.82, 2.24) is 4.90 Å². The monoisotopic (exact) mass is 343 g/mol. The second-order valence-corrected chi connectivity index (χ2v) is 5.96. The molecule has 0 radical (unpaired) electrons. The maximum atomic E-state index is 9.50. The lowest BCUT2D eigenvalue weighted by atomic mass is 10.0. The summed E-state index contributed by atoms with van der Waals surface area (Å²) in [6.45, 7) is 2.04. The van der Waals surface area contributed by atoms with Gasteiger partial charge in [0.2, 0.25) is 0 Å². The second-order valence-electron chi connectivity index (χ2n) is 5.10. The van der Waals surface area contributed by atoms with Crippen LogP contribution in [0.1, 0.15) is 24.8 Å². The lowest BCUT2D eigenvalue weighted by Gasteiger charge is -2.34. The number of halogens is 1. The summed E-state index contributed by atoms with van der Waals surface area (Å²) in [5, 5.41) is 9.50. The minimum absolute atomic E-state index is 0.222. The molecule has 1 aromatic carbocycles. The van der Waals surface area contributed by atoms with E-state index in [0.29, 0.717) is 0 Å². The Morgan fingerprint density at radius 3 is 2.65 bits per heavy atom. The molecule has 0 spiro atoms. The van der Waals surface area contributed by atoms with Crippen molar-refractivity contribution in [3.8, 4) is 11.5 Å². The predicted octanol–water partition coefficient (Wildman–Crippen LogP) is 2.81. The number of piperidine rings is 1. The highest BCUT2D eigenvalue weighted by Crippen LogP contribution is 2.34. The Morgan fingerprint density at radius 2 is 2.00 bits per heavy atom. The van der Waals surface area contributed by atoms with Gasteiger partial charge in [-0.05, 0) is 41.4 Å². The SMILES string of the molecule is COc1cc(OC)c(CN2CCCCC2CO)cc1Br. The van der Waals surface area contributed by atoms with Gasteiger partial charge in [-0.25, -0.2) is 0 Å². The predicted molar refractivity (Wildman–Crippen MR) is 82.4 cm³/mol. The normalized spacial score (nSPS) is 19.9. The first kappa shape index (κ1) is 15.6. The lowest BCUT2D eigenvalue weighted by Crippen LogP contribution is -2.41. The Labute approximate surface area is 128 Å². The largest absolute Gasteiger partial charge is 0.496 e. The van der Waals surface area contributed by atoms with Gasteiger partial charge >= 0.3 is 0 Å². The zero-order chi connectivity index (χ0) is 14.5. The van der Waals surface area contributed by atoms with Crippen LogP contribution in [0.4, 0.5) is 0 Å². The fourth-order valence-corrected chi connectivity index (χ4v) is 3.29. The van der Waals surface area contributed by atoms with Crippen LogP contribution in [0.2, 0.25) is 0 Å². The molecule has 1 aromatic rings. The summed E-state index contributed by atoms with van der Waals surface area (Å²) in [6, 6.07) is 4.20. The molecule has 0 amide bonds. The van der Waals surface area contributed by atoms with Crippen LogP contribution in [-0.2, 0) is 6.54 Å². The van der Waals surface area contributed by atoms with E-state index in [4.69, 9.17) is 9.47 Å². The van der Waals surface area contributed by atoms with Crippen LogP contribution in [0.15, 0.2) is 16.6 Å². The zero-order valence-corrected chi connectivity index (χ0v) is 13.6. The standard InChI is InChI=1S/C15H22BrNO3/c1-19-14-8-15(20-2)13(16)7-11(14)9-17-6-4-3-5-12(17)10-18/h7-8,12,18H,3-6,9-10H2,1-2H3. The molecule has 2 rings (SSSR count). The Balaban J connectivity index is 2.21. The van der Waals surface area contributed by atoms with E-state index in [0.717, 1.165) is 41.0 Å². The molecule has 1 N–H and O–H groups in total. The van der Waals surface area contributed by atoms with Gasteiger partial charge in [-0.3, -0.25) is 4.90 Å². The first-order valence-electron chi connectivity index (χ1n) is 6.95. The molecule has 0 saturated carbocycles. The van der Waals surface area contributed by atoms with Gasteiger partial charge in [-0.2, -0.15) is 0 Å². The second kappa shape index (κ2) is 7.29. The van der Waals surface area contributed by atoms with E-state index in [2.05, 4.69) is 20.8 Å². The van der Waals surface area contributed by atoms with Gasteiger partial charge in [0.1, 0.15) is 11.5 Å². The number of rotatable bonds is 5. The molecule has 1 fully saturated rings. The number of aliphatic hydroxyl groups is 1. The minimum Gasteiger partial charge on any atom is -0.496 e. The van der Waals surface area contributed by atoms with E-state index in [1.807, 2.05) is 12.1 Å². The highest BCUT2D eigenvalue weighted by atomic mass is 79.9. The molecule has 1 heterocycles. The molecule has 0 bridgehead atoms. The number of nitrogens with zero attached hydrogens (tertiary/aromatic N) is 1. The summed E-state index contributed by atoms with van der Waals surface area (Å²) >= 11 is 3.52. The Bertz CT molecular complexity index is 453. The minimum atomic E-state index is 0.222. The molecule has 1 aliphatic heterocycles. The number of aliphatic hydroxyl groups excluding tert-OH is 1. The number of hydrogen-bond acceptors (Lipinski definition) is 4. The van der Waals surface area contributed by atoms with E-state index in [9.17, 15) is 5.11 Å². The molecule has 112 valence electrons. The van der Waals surface area contributed by atoms with Crippen molar-refractivity contribution in [2.45, 2.75) is 31.8 Å². The molecule has 1 atom stereocenters. The molecule has 0 aliphatic carbocycles. The van der Waals surface area contributed by atoms with Crippen LogP contribution in [0.25, 0.3) is 0 Å². The third kappa shape index (κ3) is 3.45. The third-order valence-electron chi connectivity index (χ3n) is 3.89. The summed E-state index contributed by atoms with van der Waals surface area (Å²) in [5.41, 5.74) is 1.11. The van der Waals surface area contributed by atoms with Gasteiger partial charge < -0.3 is 14.6 Å². The Hall–Kier alpha value is -0.780. The molecular weight excluding hydrogens is 322 g/mol. The first-order chi connectivity index (χ1) is 9.69. The van der Waals surface area contributed by atoms with Crippen molar-refractivity contribution >= 4 is 15.9 Å². The Morgan fingerprint density at radius 1 is 1.25 bits per heavy atom. The fraction of sp³-hybridized carbons (Fsp3) is 0.600. The van der Waals surface area contributed by atoms with Gasteiger partial charge in [-0.15, -0.1) is 0 Å². The van der Waals surface area contributed by atoms with E-state index < -0.39 is 0 Å². The fourth-order valence-electron chi connectivity index (χ4n) is 2.74. The highest BCUT2D eigenvalue weighted by molar-refractivity contribution is 9.10. The van der Waals surface area contributed by atoms with Crippen molar-refractivity contribution < 1.29 is 14.6 Å². The van der Waals surface area contributed by atoms with Crippen LogP contribution in [-0.4, -0.2) is 43.4 Å². The van der Waals surface area contributed by atoms with Crippen molar-refractivity contribution in [2.24, 2.45) is 0 Å². The van der Waals surface area contributed by atoms with Crippen LogP contribution in [0, 0.1) is 0 Å². The first-order valence-corrected chi connectivity index (χ1v) is 7.74. The van der Waals surface area contributed by atoms with Crippen molar-refractivity contribution in [3.63, 3.8) is 0 Å². The molecule has 20 heavy (non-hydrogen) atoms. The van der Waals surface area contributed by atoms with Gasteiger partial charge in [0.25, 0.3) is 0 Å². The van der Waals surface area contributed by atoms with Gasteiger partial charge in [0.15, 0.2) is 0 Å². The van der Waals surface area contributed by atoms with Gasteiger partial charge in [0.05, 0.1) is 25.3 Å². The van der Waals surface area contributed by atoms with Gasteiger partial charge in [-0.1, -0.05) is 6.42 Å². The topological polar surface area (TPSA) is 41.9 Å². The molecule has 1 unspecified atom stereocenters. The molecule has 5 heteroatoms. The number of benzene rings is 1. The van der Waals surface area contributed by atoms with Crippen molar-refractivity contribution in [2.75, 3.05) is 27.4 Å². The number of methoxy groups -OCH3 is 2. The quantitative estimate of drug-likeness (QED) is 0.892. The van der Waals surface area contributed by atoms with E-state index >= 15 is 0 Å². The van der Waals surface area contributed by atoms with E-state index in [1.165, 1.54) is 12.8 Å². The summed E-state index contributed by atoms with van der Waals surface area (Å²) in [4.78, 5) is 2.33. The van der Waals surface area contributed by atoms with Gasteiger partial charge in [0, 0.05) is 24.2 Å². The smallest absolute Gasteiger partial charge is 0.136 e. The van der Waals surface area contributed by atoms with Crippen LogP contribution < -0.4 is 9.47 Å². The maximum Gasteiger partial charge on any atom is 0.136 e. The van der Waals surface area contributed by atoms with E-state index in [1.54, 1.807) is 14.2 Å². The average molecular weight is 344 g/mol. The molecule has 1 aliphatic rings. The number of hydrogen-bond donors (Lipinski definition) is 1. The van der Waals surface area contributed by atoms with Crippen LogP contribution in [0.3, 0.4) is 0 Å². The third-order valence-corrected chi connectivity index (χ3v) is 4.51. The van der Waals surface area contributed by atoms with Crippen molar-refractivity contribution in [1.29, 1.82) is 0 Å². The summed E-state index contributed by atoms with van der Waals surface area (Å²) in [5.74, 6) is 1.59. The molecule has 1 saturated heterocycles. The molecule has 4 nitrogen and oxygen atoms in total. The Kier molecular flexibility index (Phi) is 5.69. The number of ether oxygens (including phenoxy) is 2. The average Bonchev–Trinajstić information content (AvgIpc) is 2.48. The maximum absolute atomic E-state index is 9.50. The summed E-state index contributed by atoms with van der Waals surface area (Å²) < 4.78 is 11.7. The lowest BCUT2D eigenvalue weighted by molar-refractivity contribution is 0.0834. The molecule has 0 aromatic heterocycles. The van der Waals surface area contributed by atoms with E-state index in [-0.39, 0.29) is 12.6 Å². The highest BCUT2D eigenvalue weighted by Gasteiger charge is 2.23. The number of likely N-dealkylation sites (tertiary alicyclic amines) is 1.